The molecule has 136 valence electrons. The normalized spacial score (nSPS) is 24.7. The van der Waals surface area contributed by atoms with Crippen molar-refractivity contribution >= 4 is 17.5 Å². The van der Waals surface area contributed by atoms with Crippen LogP contribution in [0, 0.1) is 11.2 Å². The number of hydrogen-bond donors (Lipinski definition) is 2. The molecule has 1 heterocycles. The van der Waals surface area contributed by atoms with Gasteiger partial charge in [-0.25, -0.2) is 4.39 Å². The van der Waals surface area contributed by atoms with E-state index in [-0.39, 0.29) is 30.5 Å². The molecule has 2 unspecified atom stereocenters. The van der Waals surface area contributed by atoms with Gasteiger partial charge < -0.3 is 20.7 Å². The minimum absolute atomic E-state index is 0.0469. The second kappa shape index (κ2) is 6.63. The van der Waals surface area contributed by atoms with Gasteiger partial charge in [-0.15, -0.1) is 0 Å². The number of nitrogens with two attached hydrogens (primary N) is 1. The summed E-state index contributed by atoms with van der Waals surface area (Å²) in [5.74, 6) is -1.30. The number of benzene rings is 1. The number of amides is 2. The average molecular weight is 349 g/mol. The maximum atomic E-state index is 14.5. The number of primary amides is 1. The average Bonchev–Trinajstić information content (AvgIpc) is 3.33. The molecular formula is C18H24FN3O3. The molecule has 1 saturated heterocycles. The predicted octanol–water partition coefficient (Wildman–Crippen LogP) is 1.32. The highest BCUT2D eigenvalue weighted by Crippen LogP contribution is 2.45. The molecule has 1 aliphatic heterocycles. The summed E-state index contributed by atoms with van der Waals surface area (Å²) in [5, 5.41) is 2.68. The predicted molar refractivity (Wildman–Crippen MR) is 91.3 cm³/mol. The minimum Gasteiger partial charge on any atom is -0.372 e. The fourth-order valence-corrected chi connectivity index (χ4v) is 3.35. The van der Waals surface area contributed by atoms with Crippen molar-refractivity contribution in [1.29, 1.82) is 0 Å². The zero-order valence-corrected chi connectivity index (χ0v) is 14.5. The molecule has 2 fully saturated rings. The van der Waals surface area contributed by atoms with Crippen LogP contribution < -0.4 is 16.0 Å². The fraction of sp³-hybridized carbons (Fsp3) is 0.556. The Morgan fingerprint density at radius 1 is 1.32 bits per heavy atom. The van der Waals surface area contributed by atoms with Gasteiger partial charge in [-0.2, -0.15) is 0 Å². The molecule has 7 heteroatoms. The Morgan fingerprint density at radius 3 is 2.48 bits per heavy atom. The van der Waals surface area contributed by atoms with Gasteiger partial charge >= 0.3 is 0 Å². The smallest absolute Gasteiger partial charge is 0.235 e. The third-order valence-electron chi connectivity index (χ3n) is 4.88. The van der Waals surface area contributed by atoms with E-state index in [0.29, 0.717) is 37.2 Å². The molecule has 1 aliphatic carbocycles. The molecule has 0 bridgehead atoms. The van der Waals surface area contributed by atoms with Gasteiger partial charge in [0.2, 0.25) is 11.8 Å². The maximum Gasteiger partial charge on any atom is 0.235 e. The van der Waals surface area contributed by atoms with Crippen molar-refractivity contribution in [2.45, 2.75) is 45.4 Å². The number of halogens is 1. The van der Waals surface area contributed by atoms with E-state index in [0.717, 1.165) is 0 Å². The van der Waals surface area contributed by atoms with E-state index in [1.807, 2.05) is 18.7 Å². The molecule has 0 radical (unpaired) electrons. The summed E-state index contributed by atoms with van der Waals surface area (Å²) >= 11 is 0. The highest BCUT2D eigenvalue weighted by Gasteiger charge is 2.55. The van der Waals surface area contributed by atoms with Crippen LogP contribution in [0.25, 0.3) is 0 Å². The molecule has 0 spiro atoms. The number of hydrogen-bond acceptors (Lipinski definition) is 4. The molecule has 3 rings (SSSR count). The Balaban J connectivity index is 1.64. The van der Waals surface area contributed by atoms with Crippen LogP contribution in [0.2, 0.25) is 0 Å². The summed E-state index contributed by atoms with van der Waals surface area (Å²) in [6.07, 6.45) is 1.06. The van der Waals surface area contributed by atoms with Crippen LogP contribution in [0.4, 0.5) is 10.1 Å². The van der Waals surface area contributed by atoms with Crippen LogP contribution in [0.5, 0.6) is 0 Å². The zero-order valence-electron chi connectivity index (χ0n) is 14.5. The summed E-state index contributed by atoms with van der Waals surface area (Å²) in [4.78, 5) is 25.4. The van der Waals surface area contributed by atoms with E-state index in [4.69, 9.17) is 10.5 Å². The lowest BCUT2D eigenvalue weighted by atomic mass is 10.1. The van der Waals surface area contributed by atoms with E-state index < -0.39 is 11.3 Å². The first kappa shape index (κ1) is 17.7. The summed E-state index contributed by atoms with van der Waals surface area (Å²) in [6, 6.07) is 4.93. The van der Waals surface area contributed by atoms with Crippen molar-refractivity contribution in [3.05, 3.63) is 29.6 Å². The zero-order chi connectivity index (χ0) is 18.2. The molecule has 1 aromatic rings. The van der Waals surface area contributed by atoms with E-state index in [2.05, 4.69) is 5.32 Å². The lowest BCUT2D eigenvalue weighted by molar-refractivity contribution is -0.135. The molecule has 6 nitrogen and oxygen atoms in total. The second-order valence-electron chi connectivity index (χ2n) is 7.08. The highest BCUT2D eigenvalue weighted by atomic mass is 19.1. The standard InChI is InChI=1S/C18H24FN3O3/c1-11-9-22(10-12(2)25-11)15-4-3-13(7-14(15)19)8-21-17(24)18(5-6-18)16(20)23/h3-4,7,11-12H,5-6,8-10H2,1-2H3,(H2,20,23)(H,21,24). The number of ether oxygens (including phenoxy) is 1. The summed E-state index contributed by atoms with van der Waals surface area (Å²) in [7, 11) is 0. The van der Waals surface area contributed by atoms with Crippen molar-refractivity contribution in [2.75, 3.05) is 18.0 Å². The SMILES string of the molecule is CC1CN(c2ccc(CNC(=O)C3(C(N)=O)CC3)cc2F)CC(C)O1. The van der Waals surface area contributed by atoms with E-state index in [9.17, 15) is 14.0 Å². The molecule has 2 atom stereocenters. The molecule has 25 heavy (non-hydrogen) atoms. The Hall–Kier alpha value is -2.15. The van der Waals surface area contributed by atoms with Gasteiger partial charge in [0.1, 0.15) is 11.2 Å². The number of nitrogens with one attached hydrogen (secondary N) is 1. The minimum atomic E-state index is -1.06. The van der Waals surface area contributed by atoms with Gasteiger partial charge in [-0.3, -0.25) is 9.59 Å². The third-order valence-corrected chi connectivity index (χ3v) is 4.88. The highest BCUT2D eigenvalue weighted by molar-refractivity contribution is 6.07. The van der Waals surface area contributed by atoms with Gasteiger partial charge in [-0.1, -0.05) is 6.07 Å². The monoisotopic (exact) mass is 349 g/mol. The second-order valence-corrected chi connectivity index (χ2v) is 7.08. The van der Waals surface area contributed by atoms with E-state index in [1.165, 1.54) is 6.07 Å². The number of carbonyl (C=O) groups is 2. The number of rotatable bonds is 5. The lowest BCUT2D eigenvalue weighted by Gasteiger charge is -2.37. The molecule has 2 amide bonds. The van der Waals surface area contributed by atoms with Crippen molar-refractivity contribution in [1.82, 2.24) is 5.32 Å². The van der Waals surface area contributed by atoms with Gasteiger partial charge in [0.25, 0.3) is 0 Å². The molecule has 2 aliphatic rings. The van der Waals surface area contributed by atoms with Crippen LogP contribution in [-0.2, 0) is 20.9 Å². The van der Waals surface area contributed by atoms with Crippen LogP contribution in [0.1, 0.15) is 32.3 Å². The number of nitrogens with zero attached hydrogens (tertiary/aromatic N) is 1. The van der Waals surface area contributed by atoms with E-state index in [1.54, 1.807) is 12.1 Å². The summed E-state index contributed by atoms with van der Waals surface area (Å²) < 4.78 is 20.2. The molecule has 3 N–H and O–H groups in total. The van der Waals surface area contributed by atoms with Crippen molar-refractivity contribution < 1.29 is 18.7 Å². The van der Waals surface area contributed by atoms with Crippen LogP contribution >= 0.6 is 0 Å². The maximum absolute atomic E-state index is 14.5. The topological polar surface area (TPSA) is 84.7 Å². The fourth-order valence-electron chi connectivity index (χ4n) is 3.35. The molecule has 1 aromatic carbocycles. The van der Waals surface area contributed by atoms with Crippen LogP contribution in [-0.4, -0.2) is 37.1 Å². The molecular weight excluding hydrogens is 325 g/mol. The first-order valence-corrected chi connectivity index (χ1v) is 8.59. The summed E-state index contributed by atoms with van der Waals surface area (Å²) in [5.41, 5.74) is 5.40. The van der Waals surface area contributed by atoms with Crippen LogP contribution in [0.3, 0.4) is 0 Å². The van der Waals surface area contributed by atoms with Crippen molar-refractivity contribution in [2.24, 2.45) is 11.1 Å². The Labute approximate surface area is 146 Å². The Kier molecular flexibility index (Phi) is 4.69. The summed E-state index contributed by atoms with van der Waals surface area (Å²) in [6.45, 7) is 5.38. The number of morpholine rings is 1. The van der Waals surface area contributed by atoms with Crippen molar-refractivity contribution in [3.8, 4) is 0 Å². The van der Waals surface area contributed by atoms with Gasteiger partial charge in [0.05, 0.1) is 17.9 Å². The quantitative estimate of drug-likeness (QED) is 0.785. The third kappa shape index (κ3) is 3.61. The Morgan fingerprint density at radius 2 is 1.96 bits per heavy atom. The largest absolute Gasteiger partial charge is 0.372 e. The first-order valence-electron chi connectivity index (χ1n) is 8.59. The number of carbonyl (C=O) groups excluding carboxylic acids is 2. The first-order chi connectivity index (χ1) is 11.8. The van der Waals surface area contributed by atoms with Gasteiger partial charge in [0, 0.05) is 19.6 Å². The van der Waals surface area contributed by atoms with Gasteiger partial charge in [0.15, 0.2) is 0 Å². The number of anilines is 1. The molecule has 1 saturated carbocycles. The van der Waals surface area contributed by atoms with E-state index >= 15 is 0 Å². The van der Waals surface area contributed by atoms with Crippen molar-refractivity contribution in [3.63, 3.8) is 0 Å². The van der Waals surface area contributed by atoms with Gasteiger partial charge in [-0.05, 0) is 44.4 Å². The Bertz CT molecular complexity index is 680. The molecule has 0 aromatic heterocycles. The van der Waals surface area contributed by atoms with Crippen LogP contribution in [0.15, 0.2) is 18.2 Å². The lowest BCUT2D eigenvalue weighted by Crippen LogP contribution is -2.45.